The molecule has 0 aliphatic carbocycles. The number of carbonyl (C=O) groups excluding carboxylic acids is 2. The number of anilines is 1. The predicted octanol–water partition coefficient (Wildman–Crippen LogP) is 2.39. The third kappa shape index (κ3) is 4.13. The highest BCUT2D eigenvalue weighted by Crippen LogP contribution is 2.29. The molecule has 1 aliphatic rings. The van der Waals surface area contributed by atoms with Crippen molar-refractivity contribution < 1.29 is 22.7 Å². The Hall–Kier alpha value is -2.58. The number of ether oxygens (including phenoxy) is 1. The van der Waals surface area contributed by atoms with Crippen molar-refractivity contribution in [1.29, 1.82) is 0 Å². The summed E-state index contributed by atoms with van der Waals surface area (Å²) in [7, 11) is -2.13. The molecule has 0 saturated carbocycles. The first-order chi connectivity index (χ1) is 13.3. The molecule has 148 valence electrons. The Morgan fingerprint density at radius 2 is 2.00 bits per heavy atom. The Balaban J connectivity index is 1.74. The Morgan fingerprint density at radius 1 is 1.25 bits per heavy atom. The lowest BCUT2D eigenvalue weighted by Gasteiger charge is -2.16. The van der Waals surface area contributed by atoms with Gasteiger partial charge in [0.15, 0.2) is 0 Å². The molecule has 3 rings (SSSR count). The number of nitrogens with zero attached hydrogens (tertiary/aromatic N) is 1. The first kappa shape index (κ1) is 20.2. The number of carbonyl (C=O) groups is 2. The standard InChI is InChI=1S/C19H19ClN2O5S/c1-27-17-5-3-2-4-13(17)8-10-21-19(24)15-12-14(6-7-16(15)20)22-18(23)9-11-28(22,25)26/h2-7,12H,8-11H2,1H3,(H,21,24). The van der Waals surface area contributed by atoms with Gasteiger partial charge in [-0.25, -0.2) is 12.7 Å². The first-order valence-corrected chi connectivity index (χ1v) is 10.6. The van der Waals surface area contributed by atoms with E-state index in [4.69, 9.17) is 16.3 Å². The number of nitrogens with one attached hydrogen (secondary N) is 1. The Morgan fingerprint density at radius 3 is 2.68 bits per heavy atom. The number of rotatable bonds is 6. The fourth-order valence-electron chi connectivity index (χ4n) is 3.00. The lowest BCUT2D eigenvalue weighted by Crippen LogP contribution is -2.30. The molecule has 7 nitrogen and oxygen atoms in total. The molecule has 9 heteroatoms. The molecule has 2 aromatic carbocycles. The largest absolute Gasteiger partial charge is 0.496 e. The van der Waals surface area contributed by atoms with Gasteiger partial charge in [-0.3, -0.25) is 9.59 Å². The molecule has 1 N–H and O–H groups in total. The van der Waals surface area contributed by atoms with Crippen molar-refractivity contribution in [2.24, 2.45) is 0 Å². The van der Waals surface area contributed by atoms with E-state index < -0.39 is 21.8 Å². The number of hydrogen-bond donors (Lipinski definition) is 1. The van der Waals surface area contributed by atoms with Crippen molar-refractivity contribution >= 4 is 39.1 Å². The van der Waals surface area contributed by atoms with Crippen LogP contribution >= 0.6 is 11.6 Å². The average molecular weight is 423 g/mol. The Labute approximate surface area is 168 Å². The molecule has 0 bridgehead atoms. The van der Waals surface area contributed by atoms with Crippen LogP contribution in [0.3, 0.4) is 0 Å². The molecule has 0 aromatic heterocycles. The van der Waals surface area contributed by atoms with Gasteiger partial charge in [0.2, 0.25) is 15.9 Å². The van der Waals surface area contributed by atoms with E-state index in [1.807, 2.05) is 24.3 Å². The number of methoxy groups -OCH3 is 1. The van der Waals surface area contributed by atoms with Gasteiger partial charge in [-0.15, -0.1) is 0 Å². The molecule has 2 amide bonds. The lowest BCUT2D eigenvalue weighted by molar-refractivity contribution is -0.116. The monoisotopic (exact) mass is 422 g/mol. The Kier molecular flexibility index (Phi) is 5.90. The van der Waals surface area contributed by atoms with Crippen LogP contribution in [0.25, 0.3) is 0 Å². The second-order valence-electron chi connectivity index (χ2n) is 6.21. The molecule has 1 heterocycles. The van der Waals surface area contributed by atoms with Gasteiger partial charge in [0, 0.05) is 13.0 Å². The van der Waals surface area contributed by atoms with Crippen molar-refractivity contribution in [2.75, 3.05) is 23.7 Å². The number of para-hydroxylation sites is 1. The predicted molar refractivity (Wildman–Crippen MR) is 106 cm³/mol. The van der Waals surface area contributed by atoms with Gasteiger partial charge in [0.25, 0.3) is 5.91 Å². The molecule has 1 aliphatic heterocycles. The smallest absolute Gasteiger partial charge is 0.252 e. The number of halogens is 1. The van der Waals surface area contributed by atoms with E-state index in [2.05, 4.69) is 5.32 Å². The number of benzene rings is 2. The number of sulfonamides is 1. The van der Waals surface area contributed by atoms with Gasteiger partial charge in [-0.1, -0.05) is 29.8 Å². The van der Waals surface area contributed by atoms with Gasteiger partial charge in [0.1, 0.15) is 5.75 Å². The summed E-state index contributed by atoms with van der Waals surface area (Å²) in [5.74, 6) is -0.486. The molecule has 1 fully saturated rings. The van der Waals surface area contributed by atoms with Gasteiger partial charge in [0.05, 0.1) is 29.1 Å². The quantitative estimate of drug-likeness (QED) is 0.771. The molecular formula is C19H19ClN2O5S. The molecule has 0 atom stereocenters. The fraction of sp³-hybridized carbons (Fsp3) is 0.263. The van der Waals surface area contributed by atoms with Crippen LogP contribution in [0.1, 0.15) is 22.3 Å². The highest BCUT2D eigenvalue weighted by molar-refractivity contribution is 7.94. The normalized spacial score (nSPS) is 15.5. The molecule has 1 saturated heterocycles. The summed E-state index contributed by atoms with van der Waals surface area (Å²) < 4.78 is 30.2. The van der Waals surface area contributed by atoms with Crippen molar-refractivity contribution in [3.63, 3.8) is 0 Å². The molecular weight excluding hydrogens is 404 g/mol. The van der Waals surface area contributed by atoms with Crippen LogP contribution in [-0.2, 0) is 21.2 Å². The minimum atomic E-state index is -3.71. The highest BCUT2D eigenvalue weighted by atomic mass is 35.5. The van der Waals surface area contributed by atoms with Crippen LogP contribution < -0.4 is 14.4 Å². The highest BCUT2D eigenvalue weighted by Gasteiger charge is 2.36. The molecule has 0 unspecified atom stereocenters. The number of amides is 2. The third-order valence-corrected chi connectivity index (χ3v) is 6.40. The zero-order valence-corrected chi connectivity index (χ0v) is 16.7. The SMILES string of the molecule is COc1ccccc1CCNC(=O)c1cc(N2C(=O)CCS2(=O)=O)ccc1Cl. The molecule has 0 radical (unpaired) electrons. The second kappa shape index (κ2) is 8.20. The molecule has 0 spiro atoms. The van der Waals surface area contributed by atoms with Crippen LogP contribution in [0.5, 0.6) is 5.75 Å². The van der Waals surface area contributed by atoms with Gasteiger partial charge >= 0.3 is 0 Å². The van der Waals surface area contributed by atoms with Crippen LogP contribution in [0.15, 0.2) is 42.5 Å². The van der Waals surface area contributed by atoms with Gasteiger partial charge in [-0.05, 0) is 36.2 Å². The van der Waals surface area contributed by atoms with E-state index in [1.54, 1.807) is 7.11 Å². The zero-order valence-electron chi connectivity index (χ0n) is 15.1. The van der Waals surface area contributed by atoms with Crippen molar-refractivity contribution in [3.8, 4) is 5.75 Å². The van der Waals surface area contributed by atoms with E-state index in [-0.39, 0.29) is 28.4 Å². The van der Waals surface area contributed by atoms with Gasteiger partial charge in [-0.2, -0.15) is 0 Å². The summed E-state index contributed by atoms with van der Waals surface area (Å²) in [5.41, 5.74) is 1.16. The van der Waals surface area contributed by atoms with Crippen LogP contribution in [0.2, 0.25) is 5.02 Å². The zero-order chi connectivity index (χ0) is 20.3. The van der Waals surface area contributed by atoms with Crippen LogP contribution in [0, 0.1) is 0 Å². The summed E-state index contributed by atoms with van der Waals surface area (Å²) >= 11 is 6.12. The minimum Gasteiger partial charge on any atom is -0.496 e. The summed E-state index contributed by atoms with van der Waals surface area (Å²) in [6.07, 6.45) is 0.470. The first-order valence-electron chi connectivity index (χ1n) is 8.59. The summed E-state index contributed by atoms with van der Waals surface area (Å²) in [6, 6.07) is 11.6. The van der Waals surface area contributed by atoms with E-state index in [1.165, 1.54) is 18.2 Å². The average Bonchev–Trinajstić information content (AvgIpc) is 2.95. The lowest BCUT2D eigenvalue weighted by atomic mass is 10.1. The Bertz CT molecular complexity index is 1020. The summed E-state index contributed by atoms with van der Waals surface area (Å²) in [6.45, 7) is 0.334. The van der Waals surface area contributed by atoms with Crippen molar-refractivity contribution in [3.05, 3.63) is 58.6 Å². The van der Waals surface area contributed by atoms with E-state index >= 15 is 0 Å². The van der Waals surface area contributed by atoms with E-state index in [9.17, 15) is 18.0 Å². The summed E-state index contributed by atoms with van der Waals surface area (Å²) in [5, 5.41) is 2.93. The third-order valence-electron chi connectivity index (χ3n) is 4.38. The topological polar surface area (TPSA) is 92.8 Å². The maximum atomic E-state index is 12.5. The summed E-state index contributed by atoms with van der Waals surface area (Å²) in [4.78, 5) is 24.5. The van der Waals surface area contributed by atoms with Crippen molar-refractivity contribution in [1.82, 2.24) is 5.32 Å². The minimum absolute atomic E-state index is 0.0780. The van der Waals surface area contributed by atoms with Crippen molar-refractivity contribution in [2.45, 2.75) is 12.8 Å². The maximum absolute atomic E-state index is 12.5. The number of hydrogen-bond acceptors (Lipinski definition) is 5. The van der Waals surface area contributed by atoms with Gasteiger partial charge < -0.3 is 10.1 Å². The molecule has 28 heavy (non-hydrogen) atoms. The maximum Gasteiger partial charge on any atom is 0.252 e. The van der Waals surface area contributed by atoms with Crippen LogP contribution in [-0.4, -0.2) is 39.6 Å². The fourth-order valence-corrected chi connectivity index (χ4v) is 4.65. The second-order valence-corrected chi connectivity index (χ2v) is 8.55. The van der Waals surface area contributed by atoms with Crippen LogP contribution in [0.4, 0.5) is 5.69 Å². The van der Waals surface area contributed by atoms with E-state index in [0.29, 0.717) is 13.0 Å². The molecule has 2 aromatic rings. The van der Waals surface area contributed by atoms with E-state index in [0.717, 1.165) is 15.6 Å².